The predicted octanol–water partition coefficient (Wildman–Crippen LogP) is 1.76. The molecule has 12 heavy (non-hydrogen) atoms. The summed E-state index contributed by atoms with van der Waals surface area (Å²) in [6.45, 7) is 4.04. The van der Waals surface area contributed by atoms with Gasteiger partial charge in [-0.25, -0.2) is 0 Å². The van der Waals surface area contributed by atoms with Crippen LogP contribution in [0.3, 0.4) is 0 Å². The largest absolute Gasteiger partial charge is 0.360 e. The first kappa shape index (κ1) is 9.05. The van der Waals surface area contributed by atoms with Gasteiger partial charge in [-0.3, -0.25) is 0 Å². The highest BCUT2D eigenvalue weighted by atomic mass is 15.2. The molecular weight excluding hydrogens is 150 g/mol. The second kappa shape index (κ2) is 4.76. The summed E-state index contributed by atoms with van der Waals surface area (Å²) in [6.07, 6.45) is 6.93. The van der Waals surface area contributed by atoms with Crippen molar-refractivity contribution >= 4 is 5.84 Å². The summed E-state index contributed by atoms with van der Waals surface area (Å²) in [5, 5.41) is 8.37. The molecule has 1 fully saturated rings. The predicted molar refractivity (Wildman–Crippen MR) is 48.8 cm³/mol. The number of rotatable bonds is 0. The zero-order valence-electron chi connectivity index (χ0n) is 7.58. The molecule has 66 valence electrons. The summed E-state index contributed by atoms with van der Waals surface area (Å²) in [4.78, 5) is 5.94. The molecule has 3 nitrogen and oxygen atoms in total. The van der Waals surface area contributed by atoms with Crippen LogP contribution < -0.4 is 0 Å². The van der Waals surface area contributed by atoms with Gasteiger partial charge in [0, 0.05) is 13.1 Å². The summed E-state index contributed by atoms with van der Waals surface area (Å²) in [5.74, 6) is 0.874. The first-order valence-electron chi connectivity index (χ1n) is 4.53. The lowest BCUT2D eigenvalue weighted by Gasteiger charge is -2.20. The van der Waals surface area contributed by atoms with Gasteiger partial charge in [0.25, 0.3) is 0 Å². The molecule has 3 heteroatoms. The summed E-state index contributed by atoms with van der Waals surface area (Å²) in [5.41, 5.74) is 0. The fraction of sp³-hybridized carbons (Fsp3) is 0.778. The quantitative estimate of drug-likeness (QED) is 0.312. The molecule has 0 aromatic heterocycles. The Labute approximate surface area is 73.7 Å². The maximum atomic E-state index is 8.37. The highest BCUT2D eigenvalue weighted by Crippen LogP contribution is 2.09. The molecule has 0 bridgehead atoms. The molecular formula is C9H15N3. The Hall–Kier alpha value is -1.04. The standard InChI is InChI=1S/C9H15N3/c1-9(11-8-10)12-6-4-2-3-5-7-12/h2-7H2,1H3. The number of hydrogen-bond donors (Lipinski definition) is 0. The second-order valence-electron chi connectivity index (χ2n) is 3.16. The van der Waals surface area contributed by atoms with Crippen LogP contribution >= 0.6 is 0 Å². The Morgan fingerprint density at radius 1 is 1.25 bits per heavy atom. The first-order chi connectivity index (χ1) is 5.84. The zero-order valence-corrected chi connectivity index (χ0v) is 7.58. The van der Waals surface area contributed by atoms with Gasteiger partial charge in [-0.05, 0) is 19.8 Å². The SMILES string of the molecule is CC(=NC#N)N1CCCCCC1. The third-order valence-electron chi connectivity index (χ3n) is 2.28. The van der Waals surface area contributed by atoms with E-state index >= 15 is 0 Å². The van der Waals surface area contributed by atoms with Crippen molar-refractivity contribution in [3.05, 3.63) is 0 Å². The van der Waals surface area contributed by atoms with Gasteiger partial charge in [0.15, 0.2) is 0 Å². The minimum atomic E-state index is 0.874. The number of aliphatic imine (C=N–C) groups is 1. The van der Waals surface area contributed by atoms with E-state index in [4.69, 9.17) is 5.26 Å². The van der Waals surface area contributed by atoms with Gasteiger partial charge in [-0.2, -0.15) is 10.3 Å². The van der Waals surface area contributed by atoms with Crippen molar-refractivity contribution < 1.29 is 0 Å². The minimum Gasteiger partial charge on any atom is -0.360 e. The number of nitrogens with zero attached hydrogens (tertiary/aromatic N) is 3. The van der Waals surface area contributed by atoms with Crippen LogP contribution in [0.4, 0.5) is 0 Å². The molecule has 0 spiro atoms. The maximum Gasteiger partial charge on any atom is 0.207 e. The number of likely N-dealkylation sites (tertiary alicyclic amines) is 1. The molecule has 0 amide bonds. The molecule has 1 saturated heterocycles. The van der Waals surface area contributed by atoms with Gasteiger partial charge in [0.05, 0.1) is 0 Å². The average Bonchev–Trinajstić information content (AvgIpc) is 2.32. The Morgan fingerprint density at radius 2 is 1.83 bits per heavy atom. The van der Waals surface area contributed by atoms with E-state index < -0.39 is 0 Å². The van der Waals surface area contributed by atoms with E-state index in [1.807, 2.05) is 13.1 Å². The molecule has 0 aromatic carbocycles. The molecule has 0 aromatic rings. The number of hydrogen-bond acceptors (Lipinski definition) is 2. The minimum absolute atomic E-state index is 0.874. The van der Waals surface area contributed by atoms with Gasteiger partial charge in [-0.15, -0.1) is 0 Å². The Morgan fingerprint density at radius 3 is 2.33 bits per heavy atom. The van der Waals surface area contributed by atoms with Crippen LogP contribution in [0.5, 0.6) is 0 Å². The molecule has 1 aliphatic heterocycles. The van der Waals surface area contributed by atoms with Crippen LogP contribution in [0.25, 0.3) is 0 Å². The smallest absolute Gasteiger partial charge is 0.207 e. The molecule has 0 aliphatic carbocycles. The molecule has 0 unspecified atom stereocenters. The Bertz CT molecular complexity index is 194. The van der Waals surface area contributed by atoms with Crippen LogP contribution in [0.1, 0.15) is 32.6 Å². The van der Waals surface area contributed by atoms with Crippen LogP contribution in [0.2, 0.25) is 0 Å². The maximum absolute atomic E-state index is 8.37. The normalized spacial score (nSPS) is 20.0. The van der Waals surface area contributed by atoms with E-state index in [2.05, 4.69) is 9.89 Å². The molecule has 1 heterocycles. The monoisotopic (exact) mass is 165 g/mol. The van der Waals surface area contributed by atoms with E-state index in [1.54, 1.807) is 0 Å². The third kappa shape index (κ3) is 2.54. The first-order valence-corrected chi connectivity index (χ1v) is 4.53. The number of amidine groups is 1. The van der Waals surface area contributed by atoms with Crippen molar-refractivity contribution in [2.24, 2.45) is 4.99 Å². The van der Waals surface area contributed by atoms with Crippen LogP contribution in [0, 0.1) is 11.5 Å². The lowest BCUT2D eigenvalue weighted by molar-refractivity contribution is 0.433. The summed E-state index contributed by atoms with van der Waals surface area (Å²) >= 11 is 0. The summed E-state index contributed by atoms with van der Waals surface area (Å²) in [7, 11) is 0. The van der Waals surface area contributed by atoms with Crippen LogP contribution in [-0.2, 0) is 0 Å². The van der Waals surface area contributed by atoms with Crippen LogP contribution in [0.15, 0.2) is 4.99 Å². The summed E-state index contributed by atoms with van der Waals surface area (Å²) in [6, 6.07) is 0. The second-order valence-corrected chi connectivity index (χ2v) is 3.16. The van der Waals surface area contributed by atoms with Crippen molar-refractivity contribution in [3.63, 3.8) is 0 Å². The van der Waals surface area contributed by atoms with Gasteiger partial charge in [0.2, 0.25) is 6.19 Å². The van der Waals surface area contributed by atoms with Crippen LogP contribution in [-0.4, -0.2) is 23.8 Å². The third-order valence-corrected chi connectivity index (χ3v) is 2.28. The Balaban J connectivity index is 2.49. The molecule has 0 saturated carbocycles. The highest BCUT2D eigenvalue weighted by molar-refractivity contribution is 5.80. The lowest BCUT2D eigenvalue weighted by Crippen LogP contribution is -2.29. The van der Waals surface area contributed by atoms with Crippen molar-refractivity contribution in [2.75, 3.05) is 13.1 Å². The fourth-order valence-corrected chi connectivity index (χ4v) is 1.54. The molecule has 1 aliphatic rings. The van der Waals surface area contributed by atoms with Crippen molar-refractivity contribution in [2.45, 2.75) is 32.6 Å². The van der Waals surface area contributed by atoms with E-state index in [1.165, 1.54) is 25.7 Å². The summed E-state index contributed by atoms with van der Waals surface area (Å²) < 4.78 is 0. The van der Waals surface area contributed by atoms with E-state index in [9.17, 15) is 0 Å². The molecule has 0 radical (unpaired) electrons. The van der Waals surface area contributed by atoms with Gasteiger partial charge in [-0.1, -0.05) is 12.8 Å². The fourth-order valence-electron chi connectivity index (χ4n) is 1.54. The Kier molecular flexibility index (Phi) is 3.59. The van der Waals surface area contributed by atoms with E-state index in [-0.39, 0.29) is 0 Å². The van der Waals surface area contributed by atoms with E-state index in [0.717, 1.165) is 18.9 Å². The number of nitriles is 1. The van der Waals surface area contributed by atoms with E-state index in [0.29, 0.717) is 0 Å². The molecule has 1 rings (SSSR count). The highest BCUT2D eigenvalue weighted by Gasteiger charge is 2.09. The average molecular weight is 165 g/mol. The van der Waals surface area contributed by atoms with Crippen molar-refractivity contribution in [1.82, 2.24) is 4.90 Å². The molecule has 0 N–H and O–H groups in total. The van der Waals surface area contributed by atoms with Gasteiger partial charge in [0.1, 0.15) is 5.84 Å². The van der Waals surface area contributed by atoms with Gasteiger partial charge < -0.3 is 4.90 Å². The van der Waals surface area contributed by atoms with Crippen molar-refractivity contribution in [3.8, 4) is 6.19 Å². The topological polar surface area (TPSA) is 39.4 Å². The zero-order chi connectivity index (χ0) is 8.81. The van der Waals surface area contributed by atoms with Crippen molar-refractivity contribution in [1.29, 1.82) is 5.26 Å². The lowest BCUT2D eigenvalue weighted by atomic mass is 10.2. The van der Waals surface area contributed by atoms with Gasteiger partial charge >= 0.3 is 0 Å². The molecule has 0 atom stereocenters.